The van der Waals surface area contributed by atoms with E-state index in [9.17, 15) is 9.90 Å². The van der Waals surface area contributed by atoms with Gasteiger partial charge in [0.15, 0.2) is 0 Å². The normalized spacial score (nSPS) is 29.6. The van der Waals surface area contributed by atoms with Crippen molar-refractivity contribution in [3.05, 3.63) is 29.8 Å². The molecule has 1 amide bonds. The molecule has 1 heterocycles. The van der Waals surface area contributed by atoms with Crippen molar-refractivity contribution in [2.45, 2.75) is 58.0 Å². The van der Waals surface area contributed by atoms with E-state index < -0.39 is 0 Å². The molecule has 2 fully saturated rings. The summed E-state index contributed by atoms with van der Waals surface area (Å²) < 4.78 is 0. The molecule has 3 heteroatoms. The quantitative estimate of drug-likeness (QED) is 0.905. The van der Waals surface area contributed by atoms with Crippen LogP contribution in [0.4, 0.5) is 5.69 Å². The summed E-state index contributed by atoms with van der Waals surface area (Å²) in [6, 6.07) is 8.40. The minimum absolute atomic E-state index is 0.198. The second-order valence-electron chi connectivity index (χ2n) is 6.96. The number of aliphatic hydroxyl groups excluding tert-OH is 1. The number of amides is 1. The number of aliphatic hydroxyl groups is 1. The molecule has 1 N–H and O–H groups in total. The largest absolute Gasteiger partial charge is 0.393 e. The van der Waals surface area contributed by atoms with Crippen LogP contribution in [0, 0.1) is 5.41 Å². The molecule has 1 saturated heterocycles. The van der Waals surface area contributed by atoms with E-state index in [0.29, 0.717) is 5.92 Å². The van der Waals surface area contributed by atoms with Crippen LogP contribution in [0.5, 0.6) is 0 Å². The number of anilines is 1. The van der Waals surface area contributed by atoms with E-state index in [1.165, 1.54) is 5.56 Å². The van der Waals surface area contributed by atoms with E-state index in [4.69, 9.17) is 0 Å². The van der Waals surface area contributed by atoms with Crippen LogP contribution in [0.15, 0.2) is 24.3 Å². The van der Waals surface area contributed by atoms with E-state index in [-0.39, 0.29) is 17.4 Å². The number of nitrogens with zero attached hydrogens (tertiary/aromatic N) is 1. The van der Waals surface area contributed by atoms with Crippen LogP contribution in [-0.4, -0.2) is 23.7 Å². The highest BCUT2D eigenvalue weighted by Gasteiger charge is 2.48. The number of carbonyl (C=O) groups excluding carboxylic acids is 1. The van der Waals surface area contributed by atoms with Crippen molar-refractivity contribution < 1.29 is 9.90 Å². The van der Waals surface area contributed by atoms with Crippen LogP contribution in [0.2, 0.25) is 0 Å². The summed E-state index contributed by atoms with van der Waals surface area (Å²) in [5.41, 5.74) is 2.13. The Hall–Kier alpha value is -1.35. The second-order valence-corrected chi connectivity index (χ2v) is 6.96. The molecule has 0 radical (unpaired) electrons. The Bertz CT molecular complexity index is 513. The van der Waals surface area contributed by atoms with Crippen LogP contribution >= 0.6 is 0 Å². The van der Waals surface area contributed by atoms with Gasteiger partial charge in [0.05, 0.1) is 11.5 Å². The number of carbonyl (C=O) groups is 1. The first-order valence-corrected chi connectivity index (χ1v) is 8.12. The summed E-state index contributed by atoms with van der Waals surface area (Å²) in [6.45, 7) is 5.17. The van der Waals surface area contributed by atoms with E-state index in [1.807, 2.05) is 4.90 Å². The lowest BCUT2D eigenvalue weighted by Crippen LogP contribution is -2.38. The maximum absolute atomic E-state index is 12.9. The molecular formula is C18H25NO2. The van der Waals surface area contributed by atoms with Gasteiger partial charge in [-0.3, -0.25) is 4.79 Å². The summed E-state index contributed by atoms with van der Waals surface area (Å²) in [5.74, 6) is 0.784. The van der Waals surface area contributed by atoms with Crippen LogP contribution in [0.1, 0.15) is 57.4 Å². The van der Waals surface area contributed by atoms with Gasteiger partial charge in [0.2, 0.25) is 5.91 Å². The Morgan fingerprint density at radius 2 is 1.76 bits per heavy atom. The number of benzene rings is 1. The Morgan fingerprint density at radius 1 is 1.14 bits per heavy atom. The minimum atomic E-state index is -0.206. The topological polar surface area (TPSA) is 40.5 Å². The summed E-state index contributed by atoms with van der Waals surface area (Å²) in [4.78, 5) is 14.8. The molecule has 1 spiro atoms. The van der Waals surface area contributed by atoms with Crippen molar-refractivity contribution in [2.24, 2.45) is 5.41 Å². The van der Waals surface area contributed by atoms with E-state index >= 15 is 0 Å². The van der Waals surface area contributed by atoms with Crippen LogP contribution in [0.25, 0.3) is 0 Å². The smallest absolute Gasteiger partial charge is 0.233 e. The van der Waals surface area contributed by atoms with Gasteiger partial charge in [0.25, 0.3) is 0 Å². The zero-order valence-corrected chi connectivity index (χ0v) is 13.0. The Balaban J connectivity index is 1.77. The summed E-state index contributed by atoms with van der Waals surface area (Å²) in [5, 5.41) is 9.68. The highest BCUT2D eigenvalue weighted by molar-refractivity contribution is 5.99. The lowest BCUT2D eigenvalue weighted by molar-refractivity contribution is -0.128. The predicted molar refractivity (Wildman–Crippen MR) is 84.4 cm³/mol. The van der Waals surface area contributed by atoms with Crippen molar-refractivity contribution in [1.29, 1.82) is 0 Å². The molecule has 0 bridgehead atoms. The Morgan fingerprint density at radius 3 is 2.33 bits per heavy atom. The molecule has 0 unspecified atom stereocenters. The fourth-order valence-corrected chi connectivity index (χ4v) is 3.73. The van der Waals surface area contributed by atoms with Gasteiger partial charge in [0, 0.05) is 12.2 Å². The first kappa shape index (κ1) is 14.6. The third-order valence-electron chi connectivity index (χ3n) is 5.30. The molecule has 1 aliphatic heterocycles. The summed E-state index contributed by atoms with van der Waals surface area (Å²) in [6.07, 6.45) is 3.95. The summed E-state index contributed by atoms with van der Waals surface area (Å²) >= 11 is 0. The number of hydrogen-bond donors (Lipinski definition) is 1. The van der Waals surface area contributed by atoms with Crippen LogP contribution in [0.3, 0.4) is 0 Å². The molecule has 3 nitrogen and oxygen atoms in total. The Labute approximate surface area is 127 Å². The first-order valence-electron chi connectivity index (χ1n) is 8.12. The molecule has 1 aromatic rings. The molecule has 21 heavy (non-hydrogen) atoms. The zero-order valence-electron chi connectivity index (χ0n) is 13.0. The van der Waals surface area contributed by atoms with Gasteiger partial charge in [-0.15, -0.1) is 0 Å². The molecule has 1 saturated carbocycles. The predicted octanol–water partition coefficient (Wildman–Crippen LogP) is 3.47. The number of rotatable bonds is 2. The molecular weight excluding hydrogens is 262 g/mol. The van der Waals surface area contributed by atoms with Crippen LogP contribution < -0.4 is 4.90 Å². The van der Waals surface area contributed by atoms with Gasteiger partial charge in [-0.05, 0) is 55.7 Å². The zero-order chi connectivity index (χ0) is 15.0. The number of hydrogen-bond acceptors (Lipinski definition) is 2. The van der Waals surface area contributed by atoms with Gasteiger partial charge in [0.1, 0.15) is 0 Å². The molecule has 114 valence electrons. The minimum Gasteiger partial charge on any atom is -0.393 e. The van der Waals surface area contributed by atoms with E-state index in [2.05, 4.69) is 38.1 Å². The Kier molecular flexibility index (Phi) is 3.78. The molecule has 1 aliphatic carbocycles. The molecule has 1 aromatic carbocycles. The standard InChI is InChI=1S/C18H25NO2/c1-13(2)14-3-5-15(6-4-14)19-12-11-18(17(19)21)9-7-16(20)8-10-18/h3-6,13,16,20H,7-12H2,1-2H3/t16-,18-. The SMILES string of the molecule is CC(C)c1ccc(N2CC[C@]3(CC[C@@H](O)CC3)C2=O)cc1. The average Bonchev–Trinajstić information content (AvgIpc) is 2.80. The highest BCUT2D eigenvalue weighted by Crippen LogP contribution is 2.46. The average molecular weight is 287 g/mol. The van der Waals surface area contributed by atoms with Gasteiger partial charge in [-0.1, -0.05) is 26.0 Å². The lowest BCUT2D eigenvalue weighted by atomic mass is 9.72. The lowest BCUT2D eigenvalue weighted by Gasteiger charge is -2.33. The van der Waals surface area contributed by atoms with Gasteiger partial charge < -0.3 is 10.0 Å². The van der Waals surface area contributed by atoms with Gasteiger partial charge >= 0.3 is 0 Å². The van der Waals surface area contributed by atoms with Gasteiger partial charge in [-0.25, -0.2) is 0 Å². The molecule has 3 rings (SSSR count). The van der Waals surface area contributed by atoms with Crippen molar-refractivity contribution >= 4 is 11.6 Å². The van der Waals surface area contributed by atoms with Crippen molar-refractivity contribution in [1.82, 2.24) is 0 Å². The first-order chi connectivity index (χ1) is 10.0. The fraction of sp³-hybridized carbons (Fsp3) is 0.611. The second kappa shape index (κ2) is 5.45. The third-order valence-corrected chi connectivity index (χ3v) is 5.30. The monoisotopic (exact) mass is 287 g/mol. The van der Waals surface area contributed by atoms with Crippen molar-refractivity contribution in [2.75, 3.05) is 11.4 Å². The van der Waals surface area contributed by atoms with Crippen molar-refractivity contribution in [3.8, 4) is 0 Å². The third kappa shape index (κ3) is 2.59. The molecule has 0 aromatic heterocycles. The van der Waals surface area contributed by atoms with E-state index in [1.54, 1.807) is 0 Å². The van der Waals surface area contributed by atoms with Crippen LogP contribution in [-0.2, 0) is 4.79 Å². The molecule has 2 aliphatic rings. The van der Waals surface area contributed by atoms with Gasteiger partial charge in [-0.2, -0.15) is 0 Å². The maximum atomic E-state index is 12.9. The maximum Gasteiger partial charge on any atom is 0.233 e. The molecule has 0 atom stereocenters. The highest BCUT2D eigenvalue weighted by atomic mass is 16.3. The fourth-order valence-electron chi connectivity index (χ4n) is 3.73. The van der Waals surface area contributed by atoms with E-state index in [0.717, 1.165) is 44.3 Å². The van der Waals surface area contributed by atoms with Crippen molar-refractivity contribution in [3.63, 3.8) is 0 Å². The summed E-state index contributed by atoms with van der Waals surface area (Å²) in [7, 11) is 0.